The first-order valence-electron chi connectivity index (χ1n) is 9.19. The maximum absolute atomic E-state index is 11.1. The number of aryl methyl sites for hydroxylation is 1. The molecule has 2 N–H and O–H groups in total. The molecule has 3 aromatic rings. The smallest absolute Gasteiger partial charge is 0.335 e. The quantitative estimate of drug-likeness (QED) is 0.431. The SMILES string of the molecule is COc1cccc(CNc2ccc(C(=O)O)cc2C)c1OCc1ccc(Cl)c(Cl)c1. The van der Waals surface area contributed by atoms with E-state index in [0.29, 0.717) is 34.7 Å². The van der Waals surface area contributed by atoms with Crippen molar-refractivity contribution in [1.82, 2.24) is 0 Å². The fourth-order valence-electron chi connectivity index (χ4n) is 3.00. The number of aromatic carboxylic acids is 1. The number of anilines is 1. The van der Waals surface area contributed by atoms with Crippen LogP contribution in [0.25, 0.3) is 0 Å². The monoisotopic (exact) mass is 445 g/mol. The van der Waals surface area contributed by atoms with Gasteiger partial charge in [-0.25, -0.2) is 4.79 Å². The van der Waals surface area contributed by atoms with E-state index < -0.39 is 5.97 Å². The molecule has 0 bridgehead atoms. The largest absolute Gasteiger partial charge is 0.493 e. The Balaban J connectivity index is 1.78. The van der Waals surface area contributed by atoms with Crippen molar-refractivity contribution in [2.75, 3.05) is 12.4 Å². The van der Waals surface area contributed by atoms with E-state index in [9.17, 15) is 4.79 Å². The number of rotatable bonds is 8. The molecule has 0 heterocycles. The number of carboxylic acid groups (broad SMARTS) is 1. The number of benzene rings is 3. The van der Waals surface area contributed by atoms with Crippen LogP contribution in [0.5, 0.6) is 11.5 Å². The van der Waals surface area contributed by atoms with E-state index in [1.807, 2.05) is 31.2 Å². The number of ether oxygens (including phenoxy) is 2. The molecule has 0 unspecified atom stereocenters. The topological polar surface area (TPSA) is 67.8 Å². The number of methoxy groups -OCH3 is 1. The van der Waals surface area contributed by atoms with Gasteiger partial charge in [0.1, 0.15) is 6.61 Å². The summed E-state index contributed by atoms with van der Waals surface area (Å²) in [5.74, 6) is 0.293. The number of halogens is 2. The maximum atomic E-state index is 11.1. The number of carboxylic acids is 1. The van der Waals surface area contributed by atoms with Crippen LogP contribution in [0, 0.1) is 6.92 Å². The lowest BCUT2D eigenvalue weighted by atomic mass is 10.1. The van der Waals surface area contributed by atoms with Crippen LogP contribution < -0.4 is 14.8 Å². The van der Waals surface area contributed by atoms with Crippen LogP contribution in [-0.2, 0) is 13.2 Å². The predicted molar refractivity (Wildman–Crippen MR) is 119 cm³/mol. The van der Waals surface area contributed by atoms with E-state index >= 15 is 0 Å². The van der Waals surface area contributed by atoms with Crippen LogP contribution >= 0.6 is 23.2 Å². The van der Waals surface area contributed by atoms with Crippen molar-refractivity contribution < 1.29 is 19.4 Å². The standard InChI is InChI=1S/C23H21Cl2NO4/c1-14-10-16(23(27)28)7-9-20(14)26-12-17-4-3-5-21(29-2)22(17)30-13-15-6-8-18(24)19(25)11-15/h3-11,26H,12-13H2,1-2H3,(H,27,28). The summed E-state index contributed by atoms with van der Waals surface area (Å²) < 4.78 is 11.5. The highest BCUT2D eigenvalue weighted by molar-refractivity contribution is 6.42. The van der Waals surface area contributed by atoms with Crippen molar-refractivity contribution in [3.63, 3.8) is 0 Å². The molecule has 0 atom stereocenters. The van der Waals surface area contributed by atoms with Gasteiger partial charge in [0.05, 0.1) is 22.7 Å². The van der Waals surface area contributed by atoms with Gasteiger partial charge in [-0.05, 0) is 54.4 Å². The fraction of sp³-hybridized carbons (Fsp3) is 0.174. The second-order valence-electron chi connectivity index (χ2n) is 6.67. The Bertz CT molecular complexity index is 1070. The van der Waals surface area contributed by atoms with Crippen LogP contribution in [0.2, 0.25) is 10.0 Å². The molecule has 0 fully saturated rings. The van der Waals surface area contributed by atoms with Crippen molar-refractivity contribution in [3.8, 4) is 11.5 Å². The summed E-state index contributed by atoms with van der Waals surface area (Å²) in [5.41, 5.74) is 3.73. The second kappa shape index (κ2) is 9.74. The molecule has 0 radical (unpaired) electrons. The minimum atomic E-state index is -0.949. The van der Waals surface area contributed by atoms with Gasteiger partial charge in [0.15, 0.2) is 11.5 Å². The zero-order valence-electron chi connectivity index (χ0n) is 16.5. The summed E-state index contributed by atoms with van der Waals surface area (Å²) >= 11 is 12.1. The Morgan fingerprint density at radius 1 is 1.07 bits per heavy atom. The van der Waals surface area contributed by atoms with E-state index in [1.165, 1.54) is 0 Å². The molecular formula is C23H21Cl2NO4. The molecule has 30 heavy (non-hydrogen) atoms. The van der Waals surface area contributed by atoms with Crippen molar-refractivity contribution in [2.24, 2.45) is 0 Å². The summed E-state index contributed by atoms with van der Waals surface area (Å²) in [5, 5.41) is 13.4. The molecule has 3 aromatic carbocycles. The van der Waals surface area contributed by atoms with Crippen molar-refractivity contribution in [2.45, 2.75) is 20.1 Å². The Kier molecular flexibility index (Phi) is 7.08. The van der Waals surface area contributed by atoms with Crippen LogP contribution in [-0.4, -0.2) is 18.2 Å². The minimum Gasteiger partial charge on any atom is -0.493 e. The molecule has 156 valence electrons. The summed E-state index contributed by atoms with van der Waals surface area (Å²) in [6, 6.07) is 16.0. The third kappa shape index (κ3) is 5.17. The average Bonchev–Trinajstić information content (AvgIpc) is 2.73. The van der Waals surface area contributed by atoms with E-state index in [-0.39, 0.29) is 5.56 Å². The zero-order chi connectivity index (χ0) is 21.7. The van der Waals surface area contributed by atoms with Gasteiger partial charge >= 0.3 is 5.97 Å². The molecule has 3 rings (SSSR count). The van der Waals surface area contributed by atoms with Gasteiger partial charge in [-0.2, -0.15) is 0 Å². The van der Waals surface area contributed by atoms with Crippen LogP contribution in [0.1, 0.15) is 27.0 Å². The average molecular weight is 446 g/mol. The molecule has 7 heteroatoms. The summed E-state index contributed by atoms with van der Waals surface area (Å²) in [4.78, 5) is 11.1. The zero-order valence-corrected chi connectivity index (χ0v) is 18.1. The van der Waals surface area contributed by atoms with E-state index in [4.69, 9.17) is 37.8 Å². The molecule has 5 nitrogen and oxygen atoms in total. The Morgan fingerprint density at radius 2 is 1.87 bits per heavy atom. The molecular weight excluding hydrogens is 425 g/mol. The van der Waals surface area contributed by atoms with Gasteiger partial charge in [-0.15, -0.1) is 0 Å². The van der Waals surface area contributed by atoms with Crippen LogP contribution in [0.15, 0.2) is 54.6 Å². The van der Waals surface area contributed by atoms with Gasteiger partial charge in [-0.3, -0.25) is 0 Å². The summed E-state index contributed by atoms with van der Waals surface area (Å²) in [6.45, 7) is 2.64. The van der Waals surface area contributed by atoms with Gasteiger partial charge < -0.3 is 19.9 Å². The van der Waals surface area contributed by atoms with E-state index in [1.54, 1.807) is 37.4 Å². The number of hydrogen-bond acceptors (Lipinski definition) is 4. The van der Waals surface area contributed by atoms with Crippen LogP contribution in [0.3, 0.4) is 0 Å². The number of carbonyl (C=O) groups is 1. The summed E-state index contributed by atoms with van der Waals surface area (Å²) in [7, 11) is 1.59. The van der Waals surface area contributed by atoms with Crippen molar-refractivity contribution in [3.05, 3.63) is 86.9 Å². The molecule has 0 saturated heterocycles. The Labute approximate surface area is 185 Å². The third-order valence-corrected chi connectivity index (χ3v) is 5.33. The number of nitrogens with one attached hydrogen (secondary N) is 1. The highest BCUT2D eigenvalue weighted by Gasteiger charge is 2.12. The van der Waals surface area contributed by atoms with Gasteiger partial charge in [0, 0.05) is 17.8 Å². The fourth-order valence-corrected chi connectivity index (χ4v) is 3.32. The first-order chi connectivity index (χ1) is 14.4. The molecule has 0 amide bonds. The van der Waals surface area contributed by atoms with Crippen molar-refractivity contribution >= 4 is 34.9 Å². The number of para-hydroxylation sites is 1. The Hall–Kier alpha value is -2.89. The second-order valence-corrected chi connectivity index (χ2v) is 7.49. The highest BCUT2D eigenvalue weighted by atomic mass is 35.5. The number of hydrogen-bond donors (Lipinski definition) is 2. The van der Waals surface area contributed by atoms with Gasteiger partial charge in [0.2, 0.25) is 0 Å². The lowest BCUT2D eigenvalue weighted by molar-refractivity contribution is 0.0697. The highest BCUT2D eigenvalue weighted by Crippen LogP contribution is 2.33. The van der Waals surface area contributed by atoms with E-state index in [2.05, 4.69) is 5.32 Å². The van der Waals surface area contributed by atoms with Gasteiger partial charge in [-0.1, -0.05) is 41.4 Å². The first kappa shape index (κ1) is 21.8. The summed E-state index contributed by atoms with van der Waals surface area (Å²) in [6.07, 6.45) is 0. The molecule has 0 saturated carbocycles. The minimum absolute atomic E-state index is 0.255. The molecule has 0 aliphatic rings. The molecule has 0 spiro atoms. The normalized spacial score (nSPS) is 10.5. The third-order valence-electron chi connectivity index (χ3n) is 4.59. The van der Waals surface area contributed by atoms with Gasteiger partial charge in [0.25, 0.3) is 0 Å². The molecule has 0 aliphatic carbocycles. The van der Waals surface area contributed by atoms with E-state index in [0.717, 1.165) is 22.4 Å². The lowest BCUT2D eigenvalue weighted by Gasteiger charge is -2.17. The molecule has 0 aromatic heterocycles. The Morgan fingerprint density at radius 3 is 2.53 bits per heavy atom. The predicted octanol–water partition coefficient (Wildman–Crippen LogP) is 6.20. The lowest BCUT2D eigenvalue weighted by Crippen LogP contribution is -2.06. The van der Waals surface area contributed by atoms with Crippen molar-refractivity contribution in [1.29, 1.82) is 0 Å². The first-order valence-corrected chi connectivity index (χ1v) is 9.95. The van der Waals surface area contributed by atoms with Crippen LogP contribution in [0.4, 0.5) is 5.69 Å². The molecule has 0 aliphatic heterocycles. The maximum Gasteiger partial charge on any atom is 0.335 e.